The third-order valence-corrected chi connectivity index (χ3v) is 3.65. The van der Waals surface area contributed by atoms with Crippen molar-refractivity contribution < 1.29 is 28.5 Å². The highest BCUT2D eigenvalue weighted by molar-refractivity contribution is 5.87. The fraction of sp³-hybridized carbons (Fsp3) is 0.800. The van der Waals surface area contributed by atoms with Crippen molar-refractivity contribution in [2.45, 2.75) is 51.5 Å². The van der Waals surface area contributed by atoms with Crippen molar-refractivity contribution in [3.63, 3.8) is 0 Å². The lowest BCUT2D eigenvalue weighted by molar-refractivity contribution is -0.193. The van der Waals surface area contributed by atoms with E-state index in [0.29, 0.717) is 18.8 Å². The minimum atomic E-state index is -0.422. The van der Waals surface area contributed by atoms with Gasteiger partial charge in [-0.05, 0) is 6.92 Å². The molecule has 2 heterocycles. The van der Waals surface area contributed by atoms with Crippen molar-refractivity contribution in [1.82, 2.24) is 0 Å². The zero-order chi connectivity index (χ0) is 15.6. The molecule has 5 atom stereocenters. The van der Waals surface area contributed by atoms with Gasteiger partial charge in [0.2, 0.25) is 0 Å². The summed E-state index contributed by atoms with van der Waals surface area (Å²) in [6.07, 6.45) is -1.45. The molecule has 0 amide bonds. The summed E-state index contributed by atoms with van der Waals surface area (Å²) in [5.74, 6) is -0.193. The average Bonchev–Trinajstić information content (AvgIpc) is 2.99. The highest BCUT2D eigenvalue weighted by atomic mass is 16.7. The van der Waals surface area contributed by atoms with Gasteiger partial charge in [-0.1, -0.05) is 20.4 Å². The van der Waals surface area contributed by atoms with Crippen LogP contribution in [0.4, 0.5) is 0 Å². The normalized spacial score (nSPS) is 33.0. The minimum Gasteiger partial charge on any atom is -0.454 e. The Bertz CT molecular complexity index is 394. The molecule has 2 rings (SSSR count). The first kappa shape index (κ1) is 16.4. The molecule has 0 aliphatic carbocycles. The number of carbonyl (C=O) groups is 1. The van der Waals surface area contributed by atoms with Gasteiger partial charge in [0.05, 0.1) is 13.2 Å². The topological polar surface area (TPSA) is 63.2 Å². The van der Waals surface area contributed by atoms with Gasteiger partial charge in [-0.25, -0.2) is 4.79 Å². The Hall–Kier alpha value is -0.950. The van der Waals surface area contributed by atoms with E-state index in [2.05, 4.69) is 6.58 Å². The molecule has 0 radical (unpaired) electrons. The van der Waals surface area contributed by atoms with Gasteiger partial charge in [0.1, 0.15) is 18.3 Å². The molecule has 0 spiro atoms. The first-order chi connectivity index (χ1) is 9.93. The van der Waals surface area contributed by atoms with E-state index in [9.17, 15) is 4.79 Å². The molecular weight excluding hydrogens is 276 g/mol. The van der Waals surface area contributed by atoms with Crippen LogP contribution in [0.1, 0.15) is 20.8 Å². The van der Waals surface area contributed by atoms with E-state index >= 15 is 0 Å². The molecule has 0 aromatic rings. The minimum absolute atomic E-state index is 0.212. The average molecular weight is 300 g/mol. The molecule has 21 heavy (non-hydrogen) atoms. The molecule has 2 saturated heterocycles. The van der Waals surface area contributed by atoms with Crippen molar-refractivity contribution in [2.24, 2.45) is 5.92 Å². The van der Waals surface area contributed by atoms with Gasteiger partial charge < -0.3 is 23.7 Å². The zero-order valence-corrected chi connectivity index (χ0v) is 13.0. The van der Waals surface area contributed by atoms with Gasteiger partial charge in [-0.2, -0.15) is 0 Å². The molecule has 2 aliphatic heterocycles. The van der Waals surface area contributed by atoms with Crippen molar-refractivity contribution in [2.75, 3.05) is 20.3 Å². The number of fused-ring (bicyclic) bond motifs is 1. The van der Waals surface area contributed by atoms with Crippen LogP contribution in [0.5, 0.6) is 0 Å². The second-order valence-corrected chi connectivity index (χ2v) is 5.84. The van der Waals surface area contributed by atoms with Crippen LogP contribution in [-0.2, 0) is 28.5 Å². The van der Waals surface area contributed by atoms with E-state index < -0.39 is 12.1 Å². The molecule has 120 valence electrons. The number of hydrogen-bond donors (Lipinski definition) is 0. The van der Waals surface area contributed by atoms with Gasteiger partial charge in [-0.15, -0.1) is 0 Å². The quantitative estimate of drug-likeness (QED) is 0.418. The van der Waals surface area contributed by atoms with Crippen LogP contribution in [0.25, 0.3) is 0 Å². The van der Waals surface area contributed by atoms with E-state index in [1.165, 1.54) is 0 Å². The van der Waals surface area contributed by atoms with E-state index in [4.69, 9.17) is 23.7 Å². The van der Waals surface area contributed by atoms with Crippen molar-refractivity contribution in [1.29, 1.82) is 0 Å². The van der Waals surface area contributed by atoms with Crippen LogP contribution in [-0.4, -0.2) is 57.0 Å². The first-order valence-corrected chi connectivity index (χ1v) is 7.22. The molecule has 1 unspecified atom stereocenters. The van der Waals surface area contributed by atoms with Crippen LogP contribution in [0.2, 0.25) is 0 Å². The summed E-state index contributed by atoms with van der Waals surface area (Å²) in [7, 11) is 1.62. The van der Waals surface area contributed by atoms with Crippen molar-refractivity contribution >= 4 is 5.97 Å². The van der Waals surface area contributed by atoms with E-state index in [1.54, 1.807) is 14.0 Å². The van der Waals surface area contributed by atoms with Gasteiger partial charge in [0.15, 0.2) is 12.4 Å². The molecular formula is C15H24O6. The number of ether oxygens (including phenoxy) is 5. The number of esters is 1. The summed E-state index contributed by atoms with van der Waals surface area (Å²) < 4.78 is 28.0. The Kier molecular flexibility index (Phi) is 5.37. The summed E-state index contributed by atoms with van der Waals surface area (Å²) in [5.41, 5.74) is 0.364. The predicted octanol–water partition coefficient (Wildman–Crippen LogP) is 1.29. The van der Waals surface area contributed by atoms with Crippen LogP contribution >= 0.6 is 0 Å². The molecule has 2 aliphatic rings. The molecule has 0 N–H and O–H groups in total. The Morgan fingerprint density at radius 1 is 1.19 bits per heavy atom. The first-order valence-electron chi connectivity index (χ1n) is 7.22. The molecule has 0 saturated carbocycles. The summed E-state index contributed by atoms with van der Waals surface area (Å²) in [6.45, 7) is 9.95. The lowest BCUT2D eigenvalue weighted by Gasteiger charge is -2.25. The molecule has 2 fully saturated rings. The smallest absolute Gasteiger partial charge is 0.333 e. The predicted molar refractivity (Wildman–Crippen MR) is 74.7 cm³/mol. The Balaban J connectivity index is 1.92. The van der Waals surface area contributed by atoms with Crippen LogP contribution in [0, 0.1) is 5.92 Å². The number of hydrogen-bond acceptors (Lipinski definition) is 6. The van der Waals surface area contributed by atoms with E-state index in [1.807, 2.05) is 13.8 Å². The standard InChI is InChI=1S/C15H24O6/c1-8(2)14(16)20-10-6-18-13-11(7-19-12(10)13)21-15(17-5)9(3)4/h9-13,15H,1,6-7H2,2-5H3/t10-,11+,12+,13+,15?/m0/s1. The monoisotopic (exact) mass is 300 g/mol. The Morgan fingerprint density at radius 3 is 2.29 bits per heavy atom. The summed E-state index contributed by atoms with van der Waals surface area (Å²) in [5, 5.41) is 0. The van der Waals surface area contributed by atoms with Crippen molar-refractivity contribution in [3.8, 4) is 0 Å². The van der Waals surface area contributed by atoms with E-state index in [-0.39, 0.29) is 30.5 Å². The fourth-order valence-corrected chi connectivity index (χ4v) is 2.54. The maximum atomic E-state index is 11.6. The van der Waals surface area contributed by atoms with Gasteiger partial charge >= 0.3 is 5.97 Å². The number of rotatable bonds is 6. The third-order valence-electron chi connectivity index (χ3n) is 3.65. The second-order valence-electron chi connectivity index (χ2n) is 5.84. The maximum absolute atomic E-state index is 11.6. The zero-order valence-electron chi connectivity index (χ0n) is 13.0. The fourth-order valence-electron chi connectivity index (χ4n) is 2.54. The number of methoxy groups -OCH3 is 1. The lowest BCUT2D eigenvalue weighted by Crippen LogP contribution is -2.38. The van der Waals surface area contributed by atoms with Crippen LogP contribution in [0.15, 0.2) is 12.2 Å². The maximum Gasteiger partial charge on any atom is 0.333 e. The largest absolute Gasteiger partial charge is 0.454 e. The highest BCUT2D eigenvalue weighted by Crippen LogP contribution is 2.32. The summed E-state index contributed by atoms with van der Waals surface area (Å²) in [4.78, 5) is 11.6. The Morgan fingerprint density at radius 2 is 1.76 bits per heavy atom. The van der Waals surface area contributed by atoms with E-state index in [0.717, 1.165) is 0 Å². The molecule has 0 aromatic heterocycles. The molecule has 6 nitrogen and oxygen atoms in total. The molecule has 0 bridgehead atoms. The second kappa shape index (κ2) is 6.87. The highest BCUT2D eigenvalue weighted by Gasteiger charge is 2.50. The van der Waals surface area contributed by atoms with Gasteiger partial charge in [0.25, 0.3) is 0 Å². The van der Waals surface area contributed by atoms with Crippen LogP contribution < -0.4 is 0 Å². The lowest BCUT2D eigenvalue weighted by atomic mass is 10.1. The number of carbonyl (C=O) groups excluding carboxylic acids is 1. The van der Waals surface area contributed by atoms with Crippen molar-refractivity contribution in [3.05, 3.63) is 12.2 Å². The summed E-state index contributed by atoms with van der Waals surface area (Å²) >= 11 is 0. The summed E-state index contributed by atoms with van der Waals surface area (Å²) in [6, 6.07) is 0. The SMILES string of the molecule is C=C(C)C(=O)O[C@H]1CO[C@H]2[C@@H]1OC[C@H]2OC(OC)C(C)C. The van der Waals surface area contributed by atoms with Gasteiger partial charge in [-0.3, -0.25) is 0 Å². The molecule has 6 heteroatoms. The third kappa shape index (κ3) is 3.63. The Labute approximate surface area is 125 Å². The van der Waals surface area contributed by atoms with Crippen LogP contribution in [0.3, 0.4) is 0 Å². The molecule has 0 aromatic carbocycles. The van der Waals surface area contributed by atoms with Gasteiger partial charge in [0, 0.05) is 18.6 Å².